The summed E-state index contributed by atoms with van der Waals surface area (Å²) in [6, 6.07) is 11.1. The van der Waals surface area contributed by atoms with E-state index in [1.54, 1.807) is 33.5 Å². The van der Waals surface area contributed by atoms with E-state index in [0.717, 1.165) is 11.4 Å². The highest BCUT2D eigenvalue weighted by atomic mass is 32.2. The fraction of sp³-hybridized carbons (Fsp3) is 0.286. The van der Waals surface area contributed by atoms with Gasteiger partial charge in [-0.2, -0.15) is 0 Å². The van der Waals surface area contributed by atoms with Crippen molar-refractivity contribution in [1.82, 2.24) is 14.8 Å². The molecule has 2 N–H and O–H groups in total. The maximum absolute atomic E-state index is 11.3. The number of rotatable bonds is 10. The van der Waals surface area contributed by atoms with E-state index in [4.69, 9.17) is 24.7 Å². The molecule has 10 heteroatoms. The third kappa shape index (κ3) is 4.85. The Morgan fingerprint density at radius 1 is 1.03 bits per heavy atom. The first-order chi connectivity index (χ1) is 15.0. The standard InChI is InChI=1S/C21H24N4O5S/c1-5-30-15-8-6-14(7-9-15)25-20(23-24-21(25)31-12-18(22)26)13-10-16(27-2)19(29-4)17(11-13)28-3/h6-11H,5,12H2,1-4H3,(H2,22,26). The van der Waals surface area contributed by atoms with Gasteiger partial charge in [0, 0.05) is 11.3 Å². The summed E-state index contributed by atoms with van der Waals surface area (Å²) in [6.07, 6.45) is 0. The SMILES string of the molecule is CCOc1ccc(-n2c(SCC(N)=O)nnc2-c2cc(OC)c(OC)c(OC)c2)cc1. The van der Waals surface area contributed by atoms with Crippen molar-refractivity contribution < 1.29 is 23.7 Å². The second kappa shape index (κ2) is 10.1. The van der Waals surface area contributed by atoms with Crippen LogP contribution in [0.2, 0.25) is 0 Å². The van der Waals surface area contributed by atoms with Crippen molar-refractivity contribution in [1.29, 1.82) is 0 Å². The van der Waals surface area contributed by atoms with Crippen molar-refractivity contribution in [3.63, 3.8) is 0 Å². The zero-order chi connectivity index (χ0) is 22.4. The van der Waals surface area contributed by atoms with Crippen LogP contribution in [0.5, 0.6) is 23.0 Å². The van der Waals surface area contributed by atoms with E-state index in [0.29, 0.717) is 40.4 Å². The van der Waals surface area contributed by atoms with E-state index in [-0.39, 0.29) is 5.75 Å². The predicted molar refractivity (Wildman–Crippen MR) is 118 cm³/mol. The summed E-state index contributed by atoms with van der Waals surface area (Å²) >= 11 is 1.20. The third-order valence-electron chi connectivity index (χ3n) is 4.31. The van der Waals surface area contributed by atoms with Gasteiger partial charge in [0.1, 0.15) is 5.75 Å². The second-order valence-electron chi connectivity index (χ2n) is 6.24. The molecule has 9 nitrogen and oxygen atoms in total. The van der Waals surface area contributed by atoms with Crippen LogP contribution in [0.15, 0.2) is 41.6 Å². The lowest BCUT2D eigenvalue weighted by Crippen LogP contribution is -2.13. The number of thioether (sulfide) groups is 1. The molecule has 0 aliphatic carbocycles. The lowest BCUT2D eigenvalue weighted by molar-refractivity contribution is -0.115. The summed E-state index contributed by atoms with van der Waals surface area (Å²) in [5.74, 6) is 2.37. The zero-order valence-electron chi connectivity index (χ0n) is 17.7. The van der Waals surface area contributed by atoms with Crippen molar-refractivity contribution in [3.05, 3.63) is 36.4 Å². The van der Waals surface area contributed by atoms with E-state index in [1.807, 2.05) is 35.8 Å². The average molecular weight is 445 g/mol. The average Bonchev–Trinajstić information content (AvgIpc) is 3.21. The van der Waals surface area contributed by atoms with Gasteiger partial charge < -0.3 is 24.7 Å². The number of amides is 1. The Morgan fingerprint density at radius 3 is 2.19 bits per heavy atom. The van der Waals surface area contributed by atoms with Gasteiger partial charge in [0.15, 0.2) is 22.5 Å². The molecule has 1 heterocycles. The number of hydrogen-bond donors (Lipinski definition) is 1. The largest absolute Gasteiger partial charge is 0.494 e. The summed E-state index contributed by atoms with van der Waals surface area (Å²) in [4.78, 5) is 11.3. The van der Waals surface area contributed by atoms with Gasteiger partial charge in [0.2, 0.25) is 11.7 Å². The van der Waals surface area contributed by atoms with Gasteiger partial charge in [-0.1, -0.05) is 11.8 Å². The quantitative estimate of drug-likeness (QED) is 0.475. The number of methoxy groups -OCH3 is 3. The molecule has 0 aliphatic rings. The maximum atomic E-state index is 11.3. The highest BCUT2D eigenvalue weighted by molar-refractivity contribution is 7.99. The van der Waals surface area contributed by atoms with Crippen LogP contribution in [0.3, 0.4) is 0 Å². The Kier molecular flexibility index (Phi) is 7.24. The first-order valence-electron chi connectivity index (χ1n) is 9.42. The normalized spacial score (nSPS) is 10.6. The van der Waals surface area contributed by atoms with E-state index < -0.39 is 5.91 Å². The Morgan fingerprint density at radius 2 is 1.68 bits per heavy atom. The lowest BCUT2D eigenvalue weighted by Gasteiger charge is -2.15. The minimum Gasteiger partial charge on any atom is -0.494 e. The molecule has 0 radical (unpaired) electrons. The summed E-state index contributed by atoms with van der Waals surface area (Å²) in [5.41, 5.74) is 6.82. The minimum absolute atomic E-state index is 0.0738. The lowest BCUT2D eigenvalue weighted by atomic mass is 10.1. The van der Waals surface area contributed by atoms with Crippen molar-refractivity contribution in [2.24, 2.45) is 5.73 Å². The highest BCUT2D eigenvalue weighted by Crippen LogP contribution is 2.41. The van der Waals surface area contributed by atoms with E-state index in [2.05, 4.69) is 10.2 Å². The Bertz CT molecular complexity index is 1030. The van der Waals surface area contributed by atoms with E-state index in [9.17, 15) is 4.79 Å². The number of nitrogens with two attached hydrogens (primary N) is 1. The van der Waals surface area contributed by atoms with E-state index >= 15 is 0 Å². The van der Waals surface area contributed by atoms with Crippen LogP contribution in [0.1, 0.15) is 6.92 Å². The van der Waals surface area contributed by atoms with Gasteiger partial charge in [0.25, 0.3) is 0 Å². The minimum atomic E-state index is -0.444. The van der Waals surface area contributed by atoms with Crippen LogP contribution in [0, 0.1) is 0 Å². The molecule has 3 aromatic rings. The number of carbonyl (C=O) groups excluding carboxylic acids is 1. The van der Waals surface area contributed by atoms with Gasteiger partial charge in [-0.15, -0.1) is 10.2 Å². The predicted octanol–water partition coefficient (Wildman–Crippen LogP) is 2.94. The number of carbonyl (C=O) groups is 1. The maximum Gasteiger partial charge on any atom is 0.227 e. The number of hydrogen-bond acceptors (Lipinski definition) is 8. The molecule has 1 amide bonds. The van der Waals surface area contributed by atoms with Gasteiger partial charge in [-0.3, -0.25) is 9.36 Å². The number of benzene rings is 2. The first-order valence-corrected chi connectivity index (χ1v) is 10.4. The summed E-state index contributed by atoms with van der Waals surface area (Å²) in [6.45, 7) is 2.50. The Labute approximate surface area is 184 Å². The van der Waals surface area contributed by atoms with Crippen molar-refractivity contribution in [2.75, 3.05) is 33.7 Å². The summed E-state index contributed by atoms with van der Waals surface area (Å²) < 4.78 is 23.7. The van der Waals surface area contributed by atoms with Crippen molar-refractivity contribution >= 4 is 17.7 Å². The molecule has 0 saturated heterocycles. The van der Waals surface area contributed by atoms with E-state index in [1.165, 1.54) is 11.8 Å². The van der Waals surface area contributed by atoms with Gasteiger partial charge in [0.05, 0.1) is 33.7 Å². The smallest absolute Gasteiger partial charge is 0.227 e. The van der Waals surface area contributed by atoms with Gasteiger partial charge >= 0.3 is 0 Å². The third-order valence-corrected chi connectivity index (χ3v) is 5.26. The molecule has 164 valence electrons. The van der Waals surface area contributed by atoms with Crippen LogP contribution in [0.4, 0.5) is 0 Å². The first kappa shape index (κ1) is 22.3. The number of ether oxygens (including phenoxy) is 4. The van der Waals surface area contributed by atoms with Crippen LogP contribution in [-0.2, 0) is 4.79 Å². The molecule has 0 bridgehead atoms. The van der Waals surface area contributed by atoms with Crippen LogP contribution in [-0.4, -0.2) is 54.4 Å². The monoisotopic (exact) mass is 444 g/mol. The molecule has 0 unspecified atom stereocenters. The molecule has 0 spiro atoms. The zero-order valence-corrected chi connectivity index (χ0v) is 18.6. The molecule has 0 atom stereocenters. The molecule has 0 aliphatic heterocycles. The topological polar surface area (TPSA) is 111 Å². The molecule has 1 aromatic heterocycles. The Balaban J connectivity index is 2.15. The Hall–Kier alpha value is -3.40. The molecular weight excluding hydrogens is 420 g/mol. The van der Waals surface area contributed by atoms with Crippen LogP contribution < -0.4 is 24.7 Å². The molecular formula is C21H24N4O5S. The second-order valence-corrected chi connectivity index (χ2v) is 7.18. The molecule has 31 heavy (non-hydrogen) atoms. The number of primary amides is 1. The fourth-order valence-corrected chi connectivity index (χ4v) is 3.68. The van der Waals surface area contributed by atoms with Crippen LogP contribution >= 0.6 is 11.8 Å². The fourth-order valence-electron chi connectivity index (χ4n) is 2.99. The van der Waals surface area contributed by atoms with Crippen molar-refractivity contribution in [3.8, 4) is 40.1 Å². The molecule has 0 saturated carbocycles. The van der Waals surface area contributed by atoms with Crippen molar-refractivity contribution in [2.45, 2.75) is 12.1 Å². The number of aromatic nitrogens is 3. The highest BCUT2D eigenvalue weighted by Gasteiger charge is 2.21. The molecule has 3 rings (SSSR count). The van der Waals surface area contributed by atoms with Gasteiger partial charge in [-0.25, -0.2) is 0 Å². The van der Waals surface area contributed by atoms with Crippen LogP contribution in [0.25, 0.3) is 17.1 Å². The van der Waals surface area contributed by atoms with Gasteiger partial charge in [-0.05, 0) is 43.3 Å². The molecule has 0 fully saturated rings. The molecule has 2 aromatic carbocycles. The summed E-state index contributed by atoms with van der Waals surface area (Å²) in [5, 5.41) is 9.16. The number of nitrogens with zero attached hydrogens (tertiary/aromatic N) is 3. The summed E-state index contributed by atoms with van der Waals surface area (Å²) in [7, 11) is 4.64.